The van der Waals surface area contributed by atoms with Gasteiger partial charge >= 0.3 is 0 Å². The molecule has 2 aliphatic carbocycles. The molecule has 0 amide bonds. The first kappa shape index (κ1) is 43.3. The fraction of sp³-hybridized carbons (Fsp3) is 0.147. The monoisotopic (exact) mass is 902 g/mol. The third-order valence-electron chi connectivity index (χ3n) is 15.3. The van der Waals surface area contributed by atoms with E-state index in [-0.39, 0.29) is 10.8 Å². The number of anilines is 6. The van der Waals surface area contributed by atoms with Gasteiger partial charge in [-0.05, 0) is 177 Å². The quantitative estimate of drug-likeness (QED) is 0.140. The maximum Gasteiger partial charge on any atom is 0.0540 e. The lowest BCUT2D eigenvalue weighted by Gasteiger charge is -2.29. The number of hydrogen-bond donors (Lipinski definition) is 0. The summed E-state index contributed by atoms with van der Waals surface area (Å²) in [5, 5.41) is 4.95. The minimum atomic E-state index is -0.193. The standard InChI is InChI=1S/C68H58N2/c1-43-33-44(2)36-53(35-43)69(65-21-13-17-49-15-9-11-19-55(49)65)51-27-31-59-57-29-25-47(39-61(57)67(5,6)63(59)41-51)23-24-48-26-30-58-60-32-28-52(42-64(60)68(7,8)62(58)40-48)70(54-37-45(3)34-46(4)38-54)66-22-14-18-50-16-10-12-20-56(50)66/h9-42H,1-8H3/b24-23+. The van der Waals surface area contributed by atoms with Crippen LogP contribution in [-0.2, 0) is 10.8 Å². The molecule has 0 aliphatic heterocycles. The summed E-state index contributed by atoms with van der Waals surface area (Å²) in [5.41, 5.74) is 24.8. The van der Waals surface area contributed by atoms with Gasteiger partial charge < -0.3 is 9.80 Å². The fourth-order valence-corrected chi connectivity index (χ4v) is 12.0. The van der Waals surface area contributed by atoms with Gasteiger partial charge in [-0.1, -0.05) is 173 Å². The number of benzene rings is 10. The molecule has 0 atom stereocenters. The third kappa shape index (κ3) is 7.16. The predicted molar refractivity (Wildman–Crippen MR) is 300 cm³/mol. The van der Waals surface area contributed by atoms with Crippen molar-refractivity contribution in [3.63, 3.8) is 0 Å². The number of nitrogens with zero attached hydrogens (tertiary/aromatic N) is 2. The Morgan fingerprint density at radius 3 is 1.06 bits per heavy atom. The first-order valence-electron chi connectivity index (χ1n) is 24.8. The van der Waals surface area contributed by atoms with E-state index in [0.29, 0.717) is 0 Å². The van der Waals surface area contributed by atoms with Crippen LogP contribution in [0.4, 0.5) is 34.1 Å². The lowest BCUT2D eigenvalue weighted by atomic mass is 9.81. The SMILES string of the molecule is Cc1cc(C)cc(N(c2ccc3c(c2)C(C)(C)c2cc(/C=C/c4ccc5c(c4)C(C)(C)c4cc(N(c6cc(C)cc(C)c6)c6cccc7ccccc67)ccc4-5)ccc2-3)c2cccc3ccccc23)c1. The van der Waals surface area contributed by atoms with Gasteiger partial charge in [0.15, 0.2) is 0 Å². The van der Waals surface area contributed by atoms with Crippen molar-refractivity contribution >= 4 is 67.8 Å². The van der Waals surface area contributed by atoms with Crippen molar-refractivity contribution in [1.29, 1.82) is 0 Å². The molecule has 340 valence electrons. The molecule has 0 N–H and O–H groups in total. The van der Waals surface area contributed by atoms with Crippen LogP contribution in [0.5, 0.6) is 0 Å². The van der Waals surface area contributed by atoms with Crippen LogP contribution in [0.15, 0.2) is 194 Å². The van der Waals surface area contributed by atoms with Crippen LogP contribution in [-0.4, -0.2) is 0 Å². The molecule has 0 bridgehead atoms. The Morgan fingerprint density at radius 1 is 0.314 bits per heavy atom. The molecule has 2 nitrogen and oxygen atoms in total. The van der Waals surface area contributed by atoms with Crippen molar-refractivity contribution in [3.8, 4) is 22.3 Å². The number of rotatable bonds is 8. The summed E-state index contributed by atoms with van der Waals surface area (Å²) in [6, 6.07) is 72.9. The van der Waals surface area contributed by atoms with E-state index in [9.17, 15) is 0 Å². The molecule has 10 aromatic carbocycles. The van der Waals surface area contributed by atoms with Crippen LogP contribution in [0, 0.1) is 27.7 Å². The van der Waals surface area contributed by atoms with Crippen LogP contribution >= 0.6 is 0 Å². The third-order valence-corrected chi connectivity index (χ3v) is 15.3. The zero-order chi connectivity index (χ0) is 48.1. The summed E-state index contributed by atoms with van der Waals surface area (Å²) in [5.74, 6) is 0. The van der Waals surface area contributed by atoms with Gasteiger partial charge in [0.2, 0.25) is 0 Å². The van der Waals surface area contributed by atoms with Gasteiger partial charge in [0, 0.05) is 44.4 Å². The summed E-state index contributed by atoms with van der Waals surface area (Å²) < 4.78 is 0. The number of fused-ring (bicyclic) bond motifs is 8. The van der Waals surface area contributed by atoms with E-state index in [1.54, 1.807) is 0 Å². The van der Waals surface area contributed by atoms with Crippen molar-refractivity contribution in [1.82, 2.24) is 0 Å². The molecule has 2 aliphatic rings. The molecule has 0 radical (unpaired) electrons. The van der Waals surface area contributed by atoms with Gasteiger partial charge in [-0.15, -0.1) is 0 Å². The molecule has 0 spiro atoms. The lowest BCUT2D eigenvalue weighted by molar-refractivity contribution is 0.660. The van der Waals surface area contributed by atoms with E-state index in [2.05, 4.69) is 271 Å². The van der Waals surface area contributed by atoms with Gasteiger partial charge in [-0.2, -0.15) is 0 Å². The summed E-state index contributed by atoms with van der Waals surface area (Å²) in [7, 11) is 0. The van der Waals surface area contributed by atoms with E-state index < -0.39 is 0 Å². The van der Waals surface area contributed by atoms with Gasteiger partial charge in [-0.25, -0.2) is 0 Å². The van der Waals surface area contributed by atoms with Gasteiger partial charge in [0.05, 0.1) is 11.4 Å². The van der Waals surface area contributed by atoms with Crippen molar-refractivity contribution in [3.05, 3.63) is 250 Å². The van der Waals surface area contributed by atoms with E-state index in [4.69, 9.17) is 0 Å². The second kappa shape index (κ2) is 16.4. The lowest BCUT2D eigenvalue weighted by Crippen LogP contribution is -2.17. The van der Waals surface area contributed by atoms with Gasteiger partial charge in [0.1, 0.15) is 0 Å². The Labute approximate surface area is 413 Å². The fourth-order valence-electron chi connectivity index (χ4n) is 12.0. The molecular formula is C68H58N2. The second-order valence-electron chi connectivity index (χ2n) is 21.0. The van der Waals surface area contributed by atoms with Crippen LogP contribution in [0.3, 0.4) is 0 Å². The van der Waals surface area contributed by atoms with Crippen molar-refractivity contribution in [2.45, 2.75) is 66.2 Å². The van der Waals surface area contributed by atoms with E-state index in [1.165, 1.54) is 134 Å². The molecular weight excluding hydrogens is 845 g/mol. The highest BCUT2D eigenvalue weighted by Gasteiger charge is 2.38. The predicted octanol–water partition coefficient (Wildman–Crippen LogP) is 18.9. The first-order valence-corrected chi connectivity index (χ1v) is 24.8. The normalized spacial score (nSPS) is 13.9. The van der Waals surface area contributed by atoms with Crippen LogP contribution in [0.2, 0.25) is 0 Å². The Morgan fingerprint density at radius 2 is 0.657 bits per heavy atom. The molecule has 0 heterocycles. The van der Waals surface area contributed by atoms with Gasteiger partial charge in [-0.3, -0.25) is 0 Å². The van der Waals surface area contributed by atoms with Gasteiger partial charge in [0.25, 0.3) is 0 Å². The van der Waals surface area contributed by atoms with Crippen LogP contribution in [0.25, 0.3) is 56.0 Å². The Balaban J connectivity index is 0.862. The van der Waals surface area contributed by atoms with Crippen LogP contribution < -0.4 is 9.80 Å². The summed E-state index contributed by atoms with van der Waals surface area (Å²) in [6.45, 7) is 18.3. The minimum Gasteiger partial charge on any atom is -0.310 e. The number of aryl methyl sites for hydroxylation is 4. The zero-order valence-electron chi connectivity index (χ0n) is 41.5. The number of hydrogen-bond acceptors (Lipinski definition) is 2. The first-order chi connectivity index (χ1) is 33.8. The Kier molecular flexibility index (Phi) is 10.1. The molecule has 0 saturated carbocycles. The summed E-state index contributed by atoms with van der Waals surface area (Å²) in [4.78, 5) is 4.91. The molecule has 0 unspecified atom stereocenters. The Hall–Kier alpha value is -7.94. The largest absolute Gasteiger partial charge is 0.310 e. The van der Waals surface area contributed by atoms with Crippen LogP contribution in [0.1, 0.15) is 83.3 Å². The molecule has 0 aromatic heterocycles. The van der Waals surface area contributed by atoms with Crippen molar-refractivity contribution < 1.29 is 0 Å². The zero-order valence-corrected chi connectivity index (χ0v) is 41.5. The highest BCUT2D eigenvalue weighted by Crippen LogP contribution is 2.53. The summed E-state index contributed by atoms with van der Waals surface area (Å²) >= 11 is 0. The van der Waals surface area contributed by atoms with Crippen molar-refractivity contribution in [2.24, 2.45) is 0 Å². The summed E-state index contributed by atoms with van der Waals surface area (Å²) in [6.07, 6.45) is 4.60. The molecule has 0 saturated heterocycles. The minimum absolute atomic E-state index is 0.193. The molecule has 0 fully saturated rings. The van der Waals surface area contributed by atoms with E-state index in [0.717, 1.165) is 0 Å². The highest BCUT2D eigenvalue weighted by atomic mass is 15.1. The maximum absolute atomic E-state index is 2.46. The smallest absolute Gasteiger partial charge is 0.0540 e. The topological polar surface area (TPSA) is 6.48 Å². The highest BCUT2D eigenvalue weighted by molar-refractivity contribution is 6.01. The average molecular weight is 903 g/mol. The second-order valence-corrected chi connectivity index (χ2v) is 21.0. The molecule has 12 rings (SSSR count). The van der Waals surface area contributed by atoms with E-state index in [1.807, 2.05) is 0 Å². The molecule has 70 heavy (non-hydrogen) atoms. The molecule has 2 heteroatoms. The van der Waals surface area contributed by atoms with E-state index >= 15 is 0 Å². The maximum atomic E-state index is 2.46. The molecule has 10 aromatic rings. The Bertz CT molecular complexity index is 3490. The average Bonchev–Trinajstić information content (AvgIpc) is 3.71. The van der Waals surface area contributed by atoms with Crippen molar-refractivity contribution in [2.75, 3.05) is 9.80 Å².